The fourth-order valence-electron chi connectivity index (χ4n) is 2.57. The molecule has 0 aliphatic heterocycles. The van der Waals surface area contributed by atoms with Crippen molar-refractivity contribution in [3.63, 3.8) is 0 Å². The van der Waals surface area contributed by atoms with Gasteiger partial charge in [-0.25, -0.2) is 14.1 Å². The van der Waals surface area contributed by atoms with Gasteiger partial charge in [-0.05, 0) is 31.2 Å². The molecule has 134 valence electrons. The number of aromatic amines is 1. The van der Waals surface area contributed by atoms with Crippen molar-refractivity contribution in [3.8, 4) is 16.3 Å². The van der Waals surface area contributed by atoms with Crippen LogP contribution in [0.5, 0.6) is 0 Å². The maximum atomic E-state index is 13.1. The van der Waals surface area contributed by atoms with E-state index in [9.17, 15) is 9.18 Å². The molecule has 0 atom stereocenters. The van der Waals surface area contributed by atoms with Gasteiger partial charge in [-0.15, -0.1) is 10.2 Å². The smallest absolute Gasteiger partial charge is 0.280 e. The van der Waals surface area contributed by atoms with Crippen LogP contribution in [-0.2, 0) is 0 Å². The van der Waals surface area contributed by atoms with Crippen LogP contribution in [0.15, 0.2) is 64.4 Å². The van der Waals surface area contributed by atoms with E-state index in [0.29, 0.717) is 22.1 Å². The largest absolute Gasteiger partial charge is 0.295 e. The molecule has 8 heteroatoms. The molecule has 0 bridgehead atoms. The van der Waals surface area contributed by atoms with Crippen molar-refractivity contribution >= 4 is 22.7 Å². The summed E-state index contributed by atoms with van der Waals surface area (Å²) in [6.45, 7) is 1.78. The summed E-state index contributed by atoms with van der Waals surface area (Å²) in [5, 5.41) is 12.4. The lowest BCUT2D eigenvalue weighted by Gasteiger charge is -2.00. The van der Waals surface area contributed by atoms with Gasteiger partial charge in [0, 0.05) is 17.5 Å². The van der Waals surface area contributed by atoms with Crippen LogP contribution < -0.4 is 5.56 Å². The van der Waals surface area contributed by atoms with Crippen LogP contribution in [0.25, 0.3) is 16.3 Å². The molecule has 0 fully saturated rings. The highest BCUT2D eigenvalue weighted by molar-refractivity contribution is 7.18. The Morgan fingerprint density at radius 1 is 1.11 bits per heavy atom. The van der Waals surface area contributed by atoms with Crippen molar-refractivity contribution < 1.29 is 4.39 Å². The minimum atomic E-state index is -0.359. The molecule has 0 aliphatic carbocycles. The van der Waals surface area contributed by atoms with E-state index in [4.69, 9.17) is 0 Å². The number of aliphatic imine (C=N–C) groups is 1. The third-order valence-corrected chi connectivity index (χ3v) is 4.82. The fraction of sp³-hybridized carbons (Fsp3) is 0.0526. The van der Waals surface area contributed by atoms with E-state index >= 15 is 0 Å². The lowest BCUT2D eigenvalue weighted by Crippen LogP contribution is -2.17. The molecule has 1 N–H and O–H groups in total. The molecule has 0 aliphatic rings. The zero-order chi connectivity index (χ0) is 18.8. The van der Waals surface area contributed by atoms with Crippen molar-refractivity contribution in [3.05, 3.63) is 82.0 Å². The van der Waals surface area contributed by atoms with Crippen LogP contribution in [0.2, 0.25) is 0 Å². The van der Waals surface area contributed by atoms with Crippen LogP contribution in [0.3, 0.4) is 0 Å². The van der Waals surface area contributed by atoms with Crippen LogP contribution in [0.4, 0.5) is 9.52 Å². The van der Waals surface area contributed by atoms with Gasteiger partial charge >= 0.3 is 0 Å². The van der Waals surface area contributed by atoms with Crippen molar-refractivity contribution in [2.24, 2.45) is 4.99 Å². The minimum absolute atomic E-state index is 0.268. The normalized spacial score (nSPS) is 11.3. The molecule has 6 nitrogen and oxygen atoms in total. The molecule has 2 aromatic heterocycles. The zero-order valence-corrected chi connectivity index (χ0v) is 15.1. The predicted molar refractivity (Wildman–Crippen MR) is 104 cm³/mol. The minimum Gasteiger partial charge on any atom is -0.295 e. The van der Waals surface area contributed by atoms with Crippen LogP contribution in [0.1, 0.15) is 11.3 Å². The van der Waals surface area contributed by atoms with E-state index < -0.39 is 0 Å². The Labute approximate surface area is 157 Å². The van der Waals surface area contributed by atoms with Crippen molar-refractivity contribution in [1.29, 1.82) is 0 Å². The lowest BCUT2D eigenvalue weighted by atomic mass is 10.2. The Bertz CT molecular complexity index is 1160. The number of H-pyrrole nitrogens is 1. The second-order valence-electron chi connectivity index (χ2n) is 5.78. The lowest BCUT2D eigenvalue weighted by molar-refractivity contribution is 0.627. The predicted octanol–water partition coefficient (Wildman–Crippen LogP) is 3.88. The Kier molecular flexibility index (Phi) is 4.47. The van der Waals surface area contributed by atoms with Gasteiger partial charge in [-0.3, -0.25) is 9.89 Å². The summed E-state index contributed by atoms with van der Waals surface area (Å²) in [6, 6.07) is 15.4. The topological polar surface area (TPSA) is 75.9 Å². The first-order valence-electron chi connectivity index (χ1n) is 8.12. The molecule has 0 amide bonds. The number of hydrogen-bond acceptors (Lipinski definition) is 5. The summed E-state index contributed by atoms with van der Waals surface area (Å²) < 4.78 is 14.4. The first-order valence-corrected chi connectivity index (χ1v) is 8.94. The van der Waals surface area contributed by atoms with Gasteiger partial charge < -0.3 is 0 Å². The first kappa shape index (κ1) is 17.0. The van der Waals surface area contributed by atoms with Gasteiger partial charge in [-0.1, -0.05) is 41.7 Å². The Morgan fingerprint density at radius 3 is 2.59 bits per heavy atom. The quantitative estimate of drug-likeness (QED) is 0.547. The van der Waals surface area contributed by atoms with E-state index in [2.05, 4.69) is 20.3 Å². The average molecular weight is 379 g/mol. The number of rotatable bonds is 4. The monoisotopic (exact) mass is 379 g/mol. The highest BCUT2D eigenvalue weighted by Gasteiger charge is 2.11. The number of aromatic nitrogens is 4. The van der Waals surface area contributed by atoms with E-state index in [-0.39, 0.29) is 11.4 Å². The Balaban J connectivity index is 1.63. The third kappa shape index (κ3) is 3.47. The van der Waals surface area contributed by atoms with Crippen LogP contribution in [-0.4, -0.2) is 26.2 Å². The van der Waals surface area contributed by atoms with E-state index in [1.807, 2.05) is 30.3 Å². The van der Waals surface area contributed by atoms with Gasteiger partial charge in [0.1, 0.15) is 10.8 Å². The fourth-order valence-corrected chi connectivity index (χ4v) is 3.26. The van der Waals surface area contributed by atoms with Gasteiger partial charge in [0.25, 0.3) is 5.56 Å². The molecule has 0 saturated carbocycles. The average Bonchev–Trinajstić information content (AvgIpc) is 3.27. The Hall–Kier alpha value is -3.39. The van der Waals surface area contributed by atoms with Gasteiger partial charge in [0.2, 0.25) is 5.13 Å². The van der Waals surface area contributed by atoms with Crippen LogP contribution in [0, 0.1) is 12.7 Å². The van der Waals surface area contributed by atoms with Crippen molar-refractivity contribution in [2.75, 3.05) is 0 Å². The summed E-state index contributed by atoms with van der Waals surface area (Å²) in [7, 11) is 0. The summed E-state index contributed by atoms with van der Waals surface area (Å²) in [5.74, 6) is -0.359. The third-order valence-electron chi connectivity index (χ3n) is 3.94. The maximum absolute atomic E-state index is 13.1. The first-order chi connectivity index (χ1) is 13.1. The van der Waals surface area contributed by atoms with E-state index in [1.54, 1.807) is 6.92 Å². The molecule has 27 heavy (non-hydrogen) atoms. The van der Waals surface area contributed by atoms with Crippen molar-refractivity contribution in [1.82, 2.24) is 20.0 Å². The molecular weight excluding hydrogens is 365 g/mol. The molecular formula is C19H14FN5OS. The van der Waals surface area contributed by atoms with Crippen molar-refractivity contribution in [2.45, 2.75) is 6.92 Å². The number of hydrogen-bond donors (Lipinski definition) is 1. The molecule has 4 rings (SSSR count). The van der Waals surface area contributed by atoms with Gasteiger partial charge in [0.15, 0.2) is 0 Å². The molecule has 2 aromatic carbocycles. The second-order valence-corrected chi connectivity index (χ2v) is 6.74. The summed E-state index contributed by atoms with van der Waals surface area (Å²) >= 11 is 1.34. The molecule has 0 radical (unpaired) electrons. The number of halogens is 1. The van der Waals surface area contributed by atoms with Gasteiger partial charge in [-0.2, -0.15) is 0 Å². The maximum Gasteiger partial charge on any atom is 0.280 e. The number of aryl methyl sites for hydroxylation is 1. The van der Waals surface area contributed by atoms with E-state index in [0.717, 1.165) is 10.6 Å². The number of benzene rings is 2. The van der Waals surface area contributed by atoms with Crippen LogP contribution >= 0.6 is 11.3 Å². The highest BCUT2D eigenvalue weighted by atomic mass is 32.1. The standard InChI is InChI=1S/C19H14FN5OS/c1-12-16(18(26)25(24-12)15-9-7-14(20)8-10-15)11-21-19-23-22-17(27-19)13-5-3-2-4-6-13/h2-11,24H,1H3/b21-11+. The Morgan fingerprint density at radius 2 is 1.85 bits per heavy atom. The molecule has 2 heterocycles. The molecule has 0 unspecified atom stereocenters. The number of nitrogens with zero attached hydrogens (tertiary/aromatic N) is 4. The molecule has 0 saturated heterocycles. The van der Waals surface area contributed by atoms with E-state index in [1.165, 1.54) is 46.5 Å². The number of nitrogens with one attached hydrogen (secondary N) is 1. The highest BCUT2D eigenvalue weighted by Crippen LogP contribution is 2.27. The SMILES string of the molecule is Cc1[nH]n(-c2ccc(F)cc2)c(=O)c1/C=N/c1nnc(-c2ccccc2)s1. The zero-order valence-electron chi connectivity index (χ0n) is 14.3. The molecule has 4 aromatic rings. The molecule has 0 spiro atoms. The van der Waals surface area contributed by atoms with Gasteiger partial charge in [0.05, 0.1) is 11.3 Å². The summed E-state index contributed by atoms with van der Waals surface area (Å²) in [5.41, 5.74) is 2.31. The summed E-state index contributed by atoms with van der Waals surface area (Å²) in [6.07, 6.45) is 1.48. The second kappa shape index (κ2) is 7.08. The summed E-state index contributed by atoms with van der Waals surface area (Å²) in [4.78, 5) is 16.9.